The highest BCUT2D eigenvalue weighted by molar-refractivity contribution is 7.20. The Kier molecular flexibility index (Phi) is 5.77. The molecule has 0 fully saturated rings. The Morgan fingerprint density at radius 2 is 1.87 bits per heavy atom. The van der Waals surface area contributed by atoms with E-state index in [-0.39, 0.29) is 12.6 Å². The molecule has 6 heteroatoms. The number of carbonyl (C=O) groups is 1. The maximum absolute atomic E-state index is 12.8. The third-order valence-electron chi connectivity index (χ3n) is 5.11. The molecule has 0 saturated carbocycles. The lowest BCUT2D eigenvalue weighted by Gasteiger charge is -2.14. The number of aromatic nitrogens is 2. The molecule has 1 N–H and O–H groups in total. The molecule has 4 aromatic rings. The summed E-state index contributed by atoms with van der Waals surface area (Å²) >= 11 is 1.34. The van der Waals surface area contributed by atoms with Gasteiger partial charge in [-0.2, -0.15) is 0 Å². The minimum Gasteiger partial charge on any atom is -0.457 e. The second kappa shape index (κ2) is 8.63. The van der Waals surface area contributed by atoms with Gasteiger partial charge >= 0.3 is 5.97 Å². The number of hydrogen-bond acceptors (Lipinski definition) is 6. The van der Waals surface area contributed by atoms with Crippen LogP contribution in [0.25, 0.3) is 10.2 Å². The zero-order chi connectivity index (χ0) is 21.1. The van der Waals surface area contributed by atoms with E-state index in [1.54, 1.807) is 0 Å². The van der Waals surface area contributed by atoms with Gasteiger partial charge in [0.1, 0.15) is 28.5 Å². The van der Waals surface area contributed by atoms with Crippen molar-refractivity contribution < 1.29 is 9.53 Å². The van der Waals surface area contributed by atoms with E-state index >= 15 is 0 Å². The predicted octanol–water partition coefficient (Wildman–Crippen LogP) is 5.97. The van der Waals surface area contributed by atoms with Crippen LogP contribution in [0.15, 0.2) is 54.9 Å². The summed E-state index contributed by atoms with van der Waals surface area (Å²) in [6.07, 6.45) is 2.45. The topological polar surface area (TPSA) is 64.1 Å². The summed E-state index contributed by atoms with van der Waals surface area (Å²) in [6.45, 7) is 6.37. The Bertz CT molecular complexity index is 1200. The van der Waals surface area contributed by atoms with Crippen LogP contribution in [-0.4, -0.2) is 15.9 Å². The van der Waals surface area contributed by atoms with Gasteiger partial charge in [-0.25, -0.2) is 14.8 Å². The van der Waals surface area contributed by atoms with Crippen molar-refractivity contribution in [3.05, 3.63) is 82.0 Å². The van der Waals surface area contributed by atoms with Crippen molar-refractivity contribution in [3.63, 3.8) is 0 Å². The Labute approximate surface area is 179 Å². The molecule has 2 heterocycles. The Morgan fingerprint density at radius 3 is 2.63 bits per heavy atom. The average Bonchev–Trinajstić information content (AvgIpc) is 3.11. The van der Waals surface area contributed by atoms with Crippen molar-refractivity contribution in [2.45, 2.75) is 33.8 Å². The number of para-hydroxylation sites is 1. The standard InChI is InChI=1S/C24H23N3O2S/c1-4-18-12-8-9-15(2)20(18)27-22-19-16(3)21(30-23(19)26-14-25-22)24(28)29-13-17-10-6-5-7-11-17/h5-12,14H,4,13H2,1-3H3,(H,25,26,27). The van der Waals surface area contributed by atoms with Gasteiger partial charge in [-0.05, 0) is 42.5 Å². The number of esters is 1. The van der Waals surface area contributed by atoms with Crippen LogP contribution in [0.5, 0.6) is 0 Å². The number of benzene rings is 2. The molecule has 30 heavy (non-hydrogen) atoms. The number of fused-ring (bicyclic) bond motifs is 1. The fourth-order valence-corrected chi connectivity index (χ4v) is 4.51. The molecule has 0 bridgehead atoms. The average molecular weight is 418 g/mol. The predicted molar refractivity (Wildman–Crippen MR) is 122 cm³/mol. The van der Waals surface area contributed by atoms with Crippen molar-refractivity contribution in [2.75, 3.05) is 5.32 Å². The number of rotatable bonds is 6. The molecule has 0 aliphatic heterocycles. The Hall–Kier alpha value is -3.25. The van der Waals surface area contributed by atoms with Gasteiger partial charge in [-0.3, -0.25) is 0 Å². The molecule has 0 saturated heterocycles. The van der Waals surface area contributed by atoms with Gasteiger partial charge in [-0.1, -0.05) is 55.5 Å². The number of aryl methyl sites for hydroxylation is 3. The smallest absolute Gasteiger partial charge is 0.349 e. The van der Waals surface area contributed by atoms with Crippen LogP contribution in [-0.2, 0) is 17.8 Å². The molecule has 5 nitrogen and oxygen atoms in total. The minimum absolute atomic E-state index is 0.243. The van der Waals surface area contributed by atoms with Crippen LogP contribution >= 0.6 is 11.3 Å². The first kappa shape index (κ1) is 20.0. The molecule has 2 aromatic heterocycles. The van der Waals surface area contributed by atoms with E-state index in [1.807, 2.05) is 37.3 Å². The van der Waals surface area contributed by atoms with E-state index in [9.17, 15) is 4.79 Å². The monoisotopic (exact) mass is 417 g/mol. The number of nitrogens with zero attached hydrogens (tertiary/aromatic N) is 2. The van der Waals surface area contributed by atoms with Crippen molar-refractivity contribution in [2.24, 2.45) is 0 Å². The van der Waals surface area contributed by atoms with Gasteiger partial charge < -0.3 is 10.1 Å². The number of carbonyl (C=O) groups excluding carboxylic acids is 1. The van der Waals surface area contributed by atoms with E-state index in [4.69, 9.17) is 4.74 Å². The quantitative estimate of drug-likeness (QED) is 0.392. The largest absolute Gasteiger partial charge is 0.457 e. The lowest BCUT2D eigenvalue weighted by atomic mass is 10.1. The molecule has 0 amide bonds. The summed E-state index contributed by atoms with van der Waals surface area (Å²) in [5, 5.41) is 4.35. The van der Waals surface area contributed by atoms with Gasteiger partial charge in [0.15, 0.2) is 0 Å². The molecule has 0 radical (unpaired) electrons. The van der Waals surface area contributed by atoms with Gasteiger partial charge in [0.25, 0.3) is 0 Å². The fraction of sp³-hybridized carbons (Fsp3) is 0.208. The molecule has 0 aliphatic rings. The highest BCUT2D eigenvalue weighted by Gasteiger charge is 2.21. The molecule has 152 valence electrons. The SMILES string of the molecule is CCc1cccc(C)c1Nc1ncnc2sc(C(=O)OCc3ccccc3)c(C)c12. The lowest BCUT2D eigenvalue weighted by molar-refractivity contribution is 0.0478. The third kappa shape index (κ3) is 3.91. The second-order valence-electron chi connectivity index (χ2n) is 7.11. The molecular weight excluding hydrogens is 394 g/mol. The van der Waals surface area contributed by atoms with Gasteiger partial charge in [0.05, 0.1) is 5.39 Å². The zero-order valence-corrected chi connectivity index (χ0v) is 18.0. The maximum Gasteiger partial charge on any atom is 0.349 e. The number of anilines is 2. The number of ether oxygens (including phenoxy) is 1. The maximum atomic E-state index is 12.8. The van der Waals surface area contributed by atoms with Crippen LogP contribution in [0.1, 0.15) is 38.8 Å². The summed E-state index contributed by atoms with van der Waals surface area (Å²) in [5.41, 5.74) is 5.22. The van der Waals surface area contributed by atoms with Gasteiger partial charge in [-0.15, -0.1) is 11.3 Å². The molecule has 0 spiro atoms. The first-order valence-electron chi connectivity index (χ1n) is 9.89. The summed E-state index contributed by atoms with van der Waals surface area (Å²) in [7, 11) is 0. The van der Waals surface area contributed by atoms with Crippen LogP contribution in [0.3, 0.4) is 0 Å². The third-order valence-corrected chi connectivity index (χ3v) is 6.29. The zero-order valence-electron chi connectivity index (χ0n) is 17.2. The first-order chi connectivity index (χ1) is 14.6. The van der Waals surface area contributed by atoms with E-state index in [1.165, 1.54) is 23.2 Å². The number of hydrogen-bond donors (Lipinski definition) is 1. The summed E-state index contributed by atoms with van der Waals surface area (Å²) in [4.78, 5) is 22.9. The van der Waals surface area contributed by atoms with Crippen LogP contribution in [0, 0.1) is 13.8 Å². The summed E-state index contributed by atoms with van der Waals surface area (Å²) in [5.74, 6) is 0.371. The second-order valence-corrected chi connectivity index (χ2v) is 8.11. The Morgan fingerprint density at radius 1 is 1.07 bits per heavy atom. The highest BCUT2D eigenvalue weighted by atomic mass is 32.1. The van der Waals surface area contributed by atoms with Crippen LogP contribution in [0.2, 0.25) is 0 Å². The van der Waals surface area contributed by atoms with E-state index < -0.39 is 0 Å². The van der Waals surface area contributed by atoms with Crippen molar-refractivity contribution in [1.82, 2.24) is 9.97 Å². The van der Waals surface area contributed by atoms with Gasteiger partial charge in [0, 0.05) is 5.69 Å². The van der Waals surface area contributed by atoms with E-state index in [0.717, 1.165) is 39.0 Å². The van der Waals surface area contributed by atoms with Crippen molar-refractivity contribution >= 4 is 39.0 Å². The number of nitrogens with one attached hydrogen (secondary N) is 1. The fourth-order valence-electron chi connectivity index (χ4n) is 3.47. The minimum atomic E-state index is -0.338. The molecule has 0 atom stereocenters. The lowest BCUT2D eigenvalue weighted by Crippen LogP contribution is -2.05. The molecule has 2 aromatic carbocycles. The number of thiophene rings is 1. The molecule has 0 unspecified atom stereocenters. The highest BCUT2D eigenvalue weighted by Crippen LogP contribution is 2.36. The van der Waals surface area contributed by atoms with Crippen LogP contribution in [0.4, 0.5) is 11.5 Å². The molecule has 4 rings (SSSR count). The summed E-state index contributed by atoms with van der Waals surface area (Å²) in [6, 6.07) is 15.9. The van der Waals surface area contributed by atoms with Crippen molar-refractivity contribution in [1.29, 1.82) is 0 Å². The van der Waals surface area contributed by atoms with E-state index in [2.05, 4.69) is 47.3 Å². The Balaban J connectivity index is 1.66. The van der Waals surface area contributed by atoms with Crippen LogP contribution < -0.4 is 5.32 Å². The van der Waals surface area contributed by atoms with Gasteiger partial charge in [0.2, 0.25) is 0 Å². The van der Waals surface area contributed by atoms with Crippen molar-refractivity contribution in [3.8, 4) is 0 Å². The first-order valence-corrected chi connectivity index (χ1v) is 10.7. The molecule has 0 aliphatic carbocycles. The molecular formula is C24H23N3O2S. The van der Waals surface area contributed by atoms with E-state index in [0.29, 0.717) is 10.7 Å². The summed E-state index contributed by atoms with van der Waals surface area (Å²) < 4.78 is 5.54. The normalized spacial score (nSPS) is 10.9.